The van der Waals surface area contributed by atoms with Crippen LogP contribution >= 0.6 is 0 Å². The number of nitrogens with zero attached hydrogens (tertiary/aromatic N) is 3. The lowest BCUT2D eigenvalue weighted by atomic mass is 10.1. The third-order valence-corrected chi connectivity index (χ3v) is 3.70. The molecule has 1 fully saturated rings. The summed E-state index contributed by atoms with van der Waals surface area (Å²) in [6.45, 7) is 3.01. The standard InChI is InChI=1S/C15H22N4O3/c1-16-15(18(2)10-13-6-7-22-11-13)17-9-12-4-3-5-14(8-12)19(20)21/h3-5,8,13H,6-7,9-11H2,1-2H3,(H,16,17). The van der Waals surface area contributed by atoms with Crippen LogP contribution in [0.5, 0.6) is 0 Å². The van der Waals surface area contributed by atoms with Crippen molar-refractivity contribution in [3.63, 3.8) is 0 Å². The molecule has 0 bridgehead atoms. The first-order valence-corrected chi connectivity index (χ1v) is 7.33. The van der Waals surface area contributed by atoms with Gasteiger partial charge in [0.15, 0.2) is 5.96 Å². The molecule has 0 radical (unpaired) electrons. The van der Waals surface area contributed by atoms with Crippen molar-refractivity contribution in [1.82, 2.24) is 10.2 Å². The van der Waals surface area contributed by atoms with E-state index in [2.05, 4.69) is 15.2 Å². The van der Waals surface area contributed by atoms with Gasteiger partial charge in [-0.1, -0.05) is 12.1 Å². The Morgan fingerprint density at radius 2 is 2.41 bits per heavy atom. The number of ether oxygens (including phenoxy) is 1. The monoisotopic (exact) mass is 306 g/mol. The maximum atomic E-state index is 10.8. The highest BCUT2D eigenvalue weighted by Crippen LogP contribution is 2.14. The molecule has 0 aromatic heterocycles. The molecule has 1 saturated heterocycles. The van der Waals surface area contributed by atoms with E-state index in [9.17, 15) is 10.1 Å². The van der Waals surface area contributed by atoms with Gasteiger partial charge in [-0.25, -0.2) is 0 Å². The molecule has 7 heteroatoms. The van der Waals surface area contributed by atoms with E-state index in [-0.39, 0.29) is 10.6 Å². The lowest BCUT2D eigenvalue weighted by molar-refractivity contribution is -0.384. The van der Waals surface area contributed by atoms with E-state index in [0.717, 1.165) is 37.7 Å². The molecule has 7 nitrogen and oxygen atoms in total. The Morgan fingerprint density at radius 1 is 1.59 bits per heavy atom. The number of nitro benzene ring substituents is 1. The first-order chi connectivity index (χ1) is 10.6. The average molecular weight is 306 g/mol. The van der Waals surface area contributed by atoms with E-state index in [0.29, 0.717) is 12.5 Å². The Morgan fingerprint density at radius 3 is 3.05 bits per heavy atom. The summed E-state index contributed by atoms with van der Waals surface area (Å²) in [6.07, 6.45) is 1.08. The molecule has 2 rings (SSSR count). The van der Waals surface area contributed by atoms with Gasteiger partial charge in [0.1, 0.15) is 0 Å². The van der Waals surface area contributed by atoms with Gasteiger partial charge in [-0.2, -0.15) is 0 Å². The van der Waals surface area contributed by atoms with Gasteiger partial charge in [0, 0.05) is 51.8 Å². The average Bonchev–Trinajstić information content (AvgIpc) is 3.01. The van der Waals surface area contributed by atoms with Gasteiger partial charge >= 0.3 is 0 Å². The molecule has 0 aliphatic carbocycles. The van der Waals surface area contributed by atoms with E-state index in [1.165, 1.54) is 6.07 Å². The minimum atomic E-state index is -0.384. The Hall–Kier alpha value is -2.15. The molecule has 0 spiro atoms. The SMILES string of the molecule is CN=C(NCc1cccc([N+](=O)[O-])c1)N(C)CC1CCOC1. The van der Waals surface area contributed by atoms with E-state index >= 15 is 0 Å². The van der Waals surface area contributed by atoms with Gasteiger partial charge < -0.3 is 15.0 Å². The Kier molecular flexibility index (Phi) is 5.71. The lowest BCUT2D eigenvalue weighted by Gasteiger charge is -2.24. The van der Waals surface area contributed by atoms with Crippen LogP contribution in [0, 0.1) is 16.0 Å². The van der Waals surface area contributed by atoms with Gasteiger partial charge in [-0.3, -0.25) is 15.1 Å². The van der Waals surface area contributed by atoms with Crippen LogP contribution in [0.15, 0.2) is 29.3 Å². The van der Waals surface area contributed by atoms with E-state index in [1.807, 2.05) is 13.1 Å². The largest absolute Gasteiger partial charge is 0.381 e. The zero-order chi connectivity index (χ0) is 15.9. The van der Waals surface area contributed by atoms with Crippen LogP contribution in [0.25, 0.3) is 0 Å². The maximum Gasteiger partial charge on any atom is 0.269 e. The topological polar surface area (TPSA) is 80.0 Å². The van der Waals surface area contributed by atoms with Crippen molar-refractivity contribution in [3.05, 3.63) is 39.9 Å². The third-order valence-electron chi connectivity index (χ3n) is 3.70. The van der Waals surface area contributed by atoms with Crippen molar-refractivity contribution >= 4 is 11.6 Å². The minimum absolute atomic E-state index is 0.103. The fourth-order valence-corrected chi connectivity index (χ4v) is 2.55. The summed E-state index contributed by atoms with van der Waals surface area (Å²) in [4.78, 5) is 16.7. The second-order valence-electron chi connectivity index (χ2n) is 5.44. The van der Waals surface area contributed by atoms with Crippen LogP contribution < -0.4 is 5.32 Å². The molecular formula is C15H22N4O3. The number of benzene rings is 1. The second-order valence-corrected chi connectivity index (χ2v) is 5.44. The van der Waals surface area contributed by atoms with E-state index in [1.54, 1.807) is 19.2 Å². The van der Waals surface area contributed by atoms with Crippen molar-refractivity contribution in [2.75, 3.05) is 33.9 Å². The molecule has 0 saturated carbocycles. The molecule has 1 heterocycles. The first-order valence-electron chi connectivity index (χ1n) is 7.33. The summed E-state index contributed by atoms with van der Waals surface area (Å²) in [7, 11) is 3.72. The number of hydrogen-bond donors (Lipinski definition) is 1. The third kappa shape index (κ3) is 4.42. The second kappa shape index (κ2) is 7.74. The van der Waals surface area contributed by atoms with Crippen molar-refractivity contribution in [2.45, 2.75) is 13.0 Å². The predicted octanol–water partition coefficient (Wildman–Crippen LogP) is 1.64. The number of non-ortho nitro benzene ring substituents is 1. The number of nitrogens with one attached hydrogen (secondary N) is 1. The molecule has 1 aromatic carbocycles. The first kappa shape index (κ1) is 16.2. The number of aliphatic imine (C=N–C) groups is 1. The summed E-state index contributed by atoms with van der Waals surface area (Å²) < 4.78 is 5.39. The van der Waals surface area contributed by atoms with Crippen molar-refractivity contribution < 1.29 is 9.66 Å². The molecule has 22 heavy (non-hydrogen) atoms. The summed E-state index contributed by atoms with van der Waals surface area (Å²) in [5, 5.41) is 14.0. The smallest absolute Gasteiger partial charge is 0.269 e. The molecule has 0 amide bonds. The van der Waals surface area contributed by atoms with Gasteiger partial charge in [-0.15, -0.1) is 0 Å². The number of hydrogen-bond acceptors (Lipinski definition) is 4. The van der Waals surface area contributed by atoms with Gasteiger partial charge in [0.2, 0.25) is 0 Å². The Bertz CT molecular complexity index is 541. The zero-order valence-corrected chi connectivity index (χ0v) is 13.0. The molecule has 1 aromatic rings. The fraction of sp³-hybridized carbons (Fsp3) is 0.533. The number of rotatable bonds is 5. The molecule has 1 unspecified atom stereocenters. The molecule has 1 atom stereocenters. The molecular weight excluding hydrogens is 284 g/mol. The summed E-state index contributed by atoms with van der Waals surface area (Å²) in [6, 6.07) is 6.62. The summed E-state index contributed by atoms with van der Waals surface area (Å²) in [5.41, 5.74) is 0.957. The van der Waals surface area contributed by atoms with Crippen molar-refractivity contribution in [3.8, 4) is 0 Å². The Labute approximate surface area is 130 Å². The number of nitro groups is 1. The minimum Gasteiger partial charge on any atom is -0.381 e. The molecule has 120 valence electrons. The van der Waals surface area contributed by atoms with Crippen molar-refractivity contribution in [2.24, 2.45) is 10.9 Å². The van der Waals surface area contributed by atoms with Gasteiger partial charge in [0.25, 0.3) is 5.69 Å². The van der Waals surface area contributed by atoms with Crippen molar-refractivity contribution in [1.29, 1.82) is 0 Å². The van der Waals surface area contributed by atoms with E-state index in [4.69, 9.17) is 4.74 Å². The van der Waals surface area contributed by atoms with Crippen LogP contribution in [0.1, 0.15) is 12.0 Å². The molecule has 1 aliphatic rings. The lowest BCUT2D eigenvalue weighted by Crippen LogP contribution is -2.41. The quantitative estimate of drug-likeness (QED) is 0.387. The maximum absolute atomic E-state index is 10.8. The molecule has 1 aliphatic heterocycles. The zero-order valence-electron chi connectivity index (χ0n) is 13.0. The highest BCUT2D eigenvalue weighted by Gasteiger charge is 2.19. The van der Waals surface area contributed by atoms with Gasteiger partial charge in [-0.05, 0) is 12.0 Å². The highest BCUT2D eigenvalue weighted by molar-refractivity contribution is 5.79. The van der Waals surface area contributed by atoms with Crippen LogP contribution in [-0.2, 0) is 11.3 Å². The predicted molar refractivity (Wildman–Crippen MR) is 84.9 cm³/mol. The Balaban J connectivity index is 1.90. The number of guanidine groups is 1. The summed E-state index contributed by atoms with van der Waals surface area (Å²) >= 11 is 0. The summed E-state index contributed by atoms with van der Waals surface area (Å²) in [5.74, 6) is 1.31. The van der Waals surface area contributed by atoms with Crippen LogP contribution in [0.3, 0.4) is 0 Å². The van der Waals surface area contributed by atoms with Gasteiger partial charge in [0.05, 0.1) is 11.5 Å². The fourth-order valence-electron chi connectivity index (χ4n) is 2.55. The molecule has 1 N–H and O–H groups in total. The van der Waals surface area contributed by atoms with E-state index < -0.39 is 0 Å². The van der Waals surface area contributed by atoms with Crippen LogP contribution in [-0.4, -0.2) is 49.6 Å². The highest BCUT2D eigenvalue weighted by atomic mass is 16.6. The van der Waals surface area contributed by atoms with Crippen LogP contribution in [0.4, 0.5) is 5.69 Å². The van der Waals surface area contributed by atoms with Crippen LogP contribution in [0.2, 0.25) is 0 Å². The normalized spacial score (nSPS) is 18.3.